The van der Waals surface area contributed by atoms with Gasteiger partial charge in [-0.15, -0.1) is 0 Å². The van der Waals surface area contributed by atoms with Crippen molar-refractivity contribution in [1.82, 2.24) is 10.2 Å². The van der Waals surface area contributed by atoms with Crippen molar-refractivity contribution in [3.63, 3.8) is 0 Å². The van der Waals surface area contributed by atoms with Gasteiger partial charge in [0, 0.05) is 13.1 Å². The molecule has 32 heavy (non-hydrogen) atoms. The first-order valence-corrected chi connectivity index (χ1v) is 14.7. The van der Waals surface area contributed by atoms with Crippen LogP contribution in [0.25, 0.3) is 0 Å². The molecule has 1 aromatic carbocycles. The molecule has 4 atom stereocenters. The number of benzene rings is 1. The summed E-state index contributed by atoms with van der Waals surface area (Å²) < 4.78 is 12.2. The molecule has 2 aliphatic rings. The molecule has 1 saturated carbocycles. The topological polar surface area (TPSA) is 71.0 Å². The van der Waals surface area contributed by atoms with Crippen LogP contribution in [0.4, 0.5) is 4.79 Å². The second-order valence-electron chi connectivity index (χ2n) is 11.9. The summed E-state index contributed by atoms with van der Waals surface area (Å²) in [4.78, 5) is 14.9. The molecule has 1 heterocycles. The van der Waals surface area contributed by atoms with E-state index in [2.05, 4.69) is 68.3 Å². The van der Waals surface area contributed by atoms with Crippen molar-refractivity contribution in [3.8, 4) is 0 Å². The van der Waals surface area contributed by atoms with Gasteiger partial charge in [0.25, 0.3) is 0 Å². The lowest BCUT2D eigenvalue weighted by Gasteiger charge is -2.41. The van der Waals surface area contributed by atoms with Crippen LogP contribution in [0.2, 0.25) is 18.1 Å². The van der Waals surface area contributed by atoms with E-state index in [1.54, 1.807) is 0 Å². The molecule has 2 N–H and O–H groups in total. The monoisotopic (exact) mass is 462 g/mol. The summed E-state index contributed by atoms with van der Waals surface area (Å²) in [5, 5.41) is 14.6. The molecule has 0 unspecified atom stereocenters. The third-order valence-electron chi connectivity index (χ3n) is 7.17. The number of amides is 1. The van der Waals surface area contributed by atoms with Crippen LogP contribution in [0.5, 0.6) is 0 Å². The molecule has 6 nitrogen and oxygen atoms in total. The Morgan fingerprint density at radius 3 is 2.34 bits per heavy atom. The third kappa shape index (κ3) is 5.74. The minimum atomic E-state index is -2.08. The van der Waals surface area contributed by atoms with E-state index in [4.69, 9.17) is 9.16 Å². The molecule has 3 rings (SSSR count). The van der Waals surface area contributed by atoms with Crippen molar-refractivity contribution in [2.75, 3.05) is 6.54 Å². The van der Waals surface area contributed by atoms with Crippen LogP contribution in [-0.2, 0) is 22.1 Å². The van der Waals surface area contributed by atoms with Crippen molar-refractivity contribution in [3.05, 3.63) is 35.4 Å². The van der Waals surface area contributed by atoms with E-state index in [1.165, 1.54) is 11.1 Å². The molecule has 1 aliphatic carbocycles. The van der Waals surface area contributed by atoms with E-state index in [9.17, 15) is 9.90 Å². The lowest BCUT2D eigenvalue weighted by molar-refractivity contribution is -0.00337. The number of nitrogens with zero attached hydrogens (tertiary/aromatic N) is 1. The lowest BCUT2D eigenvalue weighted by atomic mass is 9.97. The predicted molar refractivity (Wildman–Crippen MR) is 130 cm³/mol. The fourth-order valence-corrected chi connectivity index (χ4v) is 5.85. The number of aliphatic hydroxyl groups excluding tert-OH is 1. The maximum atomic E-state index is 12.6. The first-order valence-electron chi connectivity index (χ1n) is 11.8. The molecule has 0 saturated heterocycles. The number of aliphatic hydroxyl groups is 1. The van der Waals surface area contributed by atoms with Crippen LogP contribution in [0.3, 0.4) is 0 Å². The average Bonchev–Trinajstić information content (AvgIpc) is 2.93. The van der Waals surface area contributed by atoms with Crippen LogP contribution < -0.4 is 5.32 Å². The highest BCUT2D eigenvalue weighted by Crippen LogP contribution is 2.40. The van der Waals surface area contributed by atoms with Crippen molar-refractivity contribution in [2.45, 2.75) is 109 Å². The van der Waals surface area contributed by atoms with E-state index in [0.717, 1.165) is 19.5 Å². The molecule has 0 radical (unpaired) electrons. The highest BCUT2D eigenvalue weighted by Gasteiger charge is 2.50. The quantitative estimate of drug-likeness (QED) is 0.647. The summed E-state index contributed by atoms with van der Waals surface area (Å²) in [6, 6.07) is 8.02. The second-order valence-corrected chi connectivity index (χ2v) is 16.6. The zero-order valence-electron chi connectivity index (χ0n) is 21.1. The summed E-state index contributed by atoms with van der Waals surface area (Å²) in [7, 11) is -2.08. The number of ether oxygens (including phenoxy) is 1. The Labute approximate surface area is 194 Å². The minimum Gasteiger partial charge on any atom is -0.444 e. The van der Waals surface area contributed by atoms with Gasteiger partial charge in [-0.3, -0.25) is 4.90 Å². The fraction of sp³-hybridized carbons (Fsp3) is 0.720. The van der Waals surface area contributed by atoms with Gasteiger partial charge >= 0.3 is 6.09 Å². The summed E-state index contributed by atoms with van der Waals surface area (Å²) in [6.45, 7) is 18.2. The van der Waals surface area contributed by atoms with Crippen LogP contribution >= 0.6 is 0 Å². The van der Waals surface area contributed by atoms with Gasteiger partial charge in [-0.2, -0.15) is 0 Å². The number of hydrogen-bond acceptors (Lipinski definition) is 5. The highest BCUT2D eigenvalue weighted by molar-refractivity contribution is 6.74. The lowest BCUT2D eigenvalue weighted by Crippen LogP contribution is -2.55. The van der Waals surface area contributed by atoms with Crippen LogP contribution in [-0.4, -0.2) is 60.9 Å². The van der Waals surface area contributed by atoms with Crippen molar-refractivity contribution < 1.29 is 19.1 Å². The number of hydrogen-bond donors (Lipinski definition) is 2. The number of carbonyl (C=O) groups excluding carboxylic acids is 1. The molecule has 1 aliphatic heterocycles. The van der Waals surface area contributed by atoms with Crippen LogP contribution in [0.1, 0.15) is 59.1 Å². The Morgan fingerprint density at radius 1 is 1.12 bits per heavy atom. The Balaban J connectivity index is 1.82. The van der Waals surface area contributed by atoms with Crippen molar-refractivity contribution in [2.24, 2.45) is 0 Å². The molecule has 1 fully saturated rings. The summed E-state index contributed by atoms with van der Waals surface area (Å²) in [5.74, 6) is 0. The fourth-order valence-electron chi connectivity index (χ4n) is 4.51. The zero-order valence-corrected chi connectivity index (χ0v) is 22.1. The van der Waals surface area contributed by atoms with E-state index in [1.807, 2.05) is 20.8 Å². The van der Waals surface area contributed by atoms with Gasteiger partial charge in [0.2, 0.25) is 0 Å². The van der Waals surface area contributed by atoms with Crippen LogP contribution in [0, 0.1) is 0 Å². The Hall–Kier alpha value is -1.41. The van der Waals surface area contributed by atoms with Gasteiger partial charge in [0.05, 0.1) is 24.3 Å². The second kappa shape index (κ2) is 9.09. The van der Waals surface area contributed by atoms with Crippen molar-refractivity contribution in [1.29, 1.82) is 0 Å². The van der Waals surface area contributed by atoms with E-state index >= 15 is 0 Å². The summed E-state index contributed by atoms with van der Waals surface area (Å²) in [5.41, 5.74) is 2.08. The van der Waals surface area contributed by atoms with E-state index in [0.29, 0.717) is 6.42 Å². The Kier molecular flexibility index (Phi) is 7.16. The number of rotatable bonds is 4. The van der Waals surface area contributed by atoms with Gasteiger partial charge in [-0.1, -0.05) is 45.0 Å². The van der Waals surface area contributed by atoms with Crippen molar-refractivity contribution >= 4 is 14.4 Å². The molecular formula is C25H42N2O4Si. The van der Waals surface area contributed by atoms with Gasteiger partial charge < -0.3 is 19.6 Å². The summed E-state index contributed by atoms with van der Waals surface area (Å²) in [6.07, 6.45) is 0.0968. The van der Waals surface area contributed by atoms with Gasteiger partial charge in [0.1, 0.15) is 5.60 Å². The summed E-state index contributed by atoms with van der Waals surface area (Å²) >= 11 is 0. The number of nitrogens with one attached hydrogen (secondary N) is 1. The highest BCUT2D eigenvalue weighted by atomic mass is 28.4. The smallest absolute Gasteiger partial charge is 0.407 e. The Morgan fingerprint density at radius 2 is 1.75 bits per heavy atom. The van der Waals surface area contributed by atoms with Gasteiger partial charge in [-0.05, 0) is 62.9 Å². The molecule has 1 aromatic rings. The first-order chi connectivity index (χ1) is 14.7. The zero-order chi connectivity index (χ0) is 23.9. The van der Waals surface area contributed by atoms with E-state index in [-0.39, 0.29) is 23.2 Å². The SMILES string of the molecule is CC(C)(C)OC(=O)N[C@@H]1C[C@H](O[Si](C)(C)C(C)(C)C)[C@H](O)[C@H]1N1CCc2ccccc2C1. The minimum absolute atomic E-state index is 0.0446. The van der Waals surface area contributed by atoms with E-state index < -0.39 is 26.1 Å². The molecule has 1 amide bonds. The number of alkyl carbamates (subject to hydrolysis) is 1. The molecule has 0 spiro atoms. The van der Waals surface area contributed by atoms with Gasteiger partial charge in [-0.25, -0.2) is 4.79 Å². The normalized spacial score (nSPS) is 27.2. The largest absolute Gasteiger partial charge is 0.444 e. The molecule has 0 bridgehead atoms. The third-order valence-corrected chi connectivity index (χ3v) is 11.7. The average molecular weight is 463 g/mol. The van der Waals surface area contributed by atoms with Crippen LogP contribution in [0.15, 0.2) is 24.3 Å². The first kappa shape index (κ1) is 25.2. The molecule has 7 heteroatoms. The standard InChI is InChI=1S/C25H42N2O4Si/c1-24(2,3)30-23(29)26-19-15-20(31-32(7,8)25(4,5)6)22(28)21(19)27-14-13-17-11-9-10-12-18(17)16-27/h9-12,19-22,28H,13-16H2,1-8H3,(H,26,29)/t19-,20+,21+,22+/m1/s1. The Bertz CT molecular complexity index is 815. The molecule has 180 valence electrons. The number of fused-ring (bicyclic) bond motifs is 1. The molecular weight excluding hydrogens is 420 g/mol. The predicted octanol–water partition coefficient (Wildman–Crippen LogP) is 4.46. The maximum Gasteiger partial charge on any atom is 0.407 e. The maximum absolute atomic E-state index is 12.6. The van der Waals surface area contributed by atoms with Gasteiger partial charge in [0.15, 0.2) is 8.32 Å². The molecule has 0 aromatic heterocycles. The number of carbonyl (C=O) groups is 1.